The molecule has 1 aromatic rings. The van der Waals surface area contributed by atoms with E-state index in [0.717, 1.165) is 19.6 Å². The van der Waals surface area contributed by atoms with E-state index >= 15 is 0 Å². The minimum Gasteiger partial charge on any atom is -0.469 e. The highest BCUT2D eigenvalue weighted by Crippen LogP contribution is 2.26. The summed E-state index contributed by atoms with van der Waals surface area (Å²) in [4.78, 5) is 13.6. The second-order valence-corrected chi connectivity index (χ2v) is 5.24. The quantitative estimate of drug-likeness (QED) is 0.838. The molecular weight excluding hydrogens is 242 g/mol. The maximum absolute atomic E-state index is 11.3. The lowest BCUT2D eigenvalue weighted by molar-refractivity contribution is -0.148. The number of carbonyl (C=O) groups excluding carboxylic acids is 1. The minimum absolute atomic E-state index is 0.0999. The summed E-state index contributed by atoms with van der Waals surface area (Å²) in [5, 5.41) is 10.3. The van der Waals surface area contributed by atoms with Crippen LogP contribution >= 0.6 is 0 Å². The van der Waals surface area contributed by atoms with E-state index in [0.29, 0.717) is 12.8 Å². The topological polar surface area (TPSA) is 49.8 Å². The molecule has 0 amide bonds. The van der Waals surface area contributed by atoms with Gasteiger partial charge >= 0.3 is 5.97 Å². The predicted octanol–water partition coefficient (Wildman–Crippen LogP) is 1.58. The number of hydrogen-bond donors (Lipinski definition) is 1. The van der Waals surface area contributed by atoms with Gasteiger partial charge in [0.1, 0.15) is 0 Å². The highest BCUT2D eigenvalue weighted by atomic mass is 16.5. The fraction of sp³-hybridized carbons (Fsp3) is 0.533. The van der Waals surface area contributed by atoms with Crippen LogP contribution in [0.5, 0.6) is 0 Å². The van der Waals surface area contributed by atoms with Gasteiger partial charge in [0.05, 0.1) is 19.1 Å². The smallest absolute Gasteiger partial charge is 0.308 e. The van der Waals surface area contributed by atoms with E-state index in [2.05, 4.69) is 21.8 Å². The lowest BCUT2D eigenvalue weighted by Gasteiger charge is -2.37. The summed E-state index contributed by atoms with van der Waals surface area (Å²) >= 11 is 0. The number of piperidine rings is 1. The first kappa shape index (κ1) is 14.0. The van der Waals surface area contributed by atoms with Gasteiger partial charge in [-0.05, 0) is 18.4 Å². The zero-order valence-electron chi connectivity index (χ0n) is 11.3. The van der Waals surface area contributed by atoms with Crippen LogP contribution in [0.4, 0.5) is 0 Å². The van der Waals surface area contributed by atoms with Crippen molar-refractivity contribution < 1.29 is 14.6 Å². The first-order chi connectivity index (χ1) is 9.11. The fourth-order valence-electron chi connectivity index (χ4n) is 2.49. The van der Waals surface area contributed by atoms with E-state index in [9.17, 15) is 9.90 Å². The number of aliphatic hydroxyl groups is 1. The van der Waals surface area contributed by atoms with Gasteiger partial charge in [-0.1, -0.05) is 30.3 Å². The molecule has 0 bridgehead atoms. The van der Waals surface area contributed by atoms with E-state index < -0.39 is 5.60 Å². The Morgan fingerprint density at radius 1 is 1.32 bits per heavy atom. The normalized spacial score (nSPS) is 19.1. The van der Waals surface area contributed by atoms with Crippen LogP contribution in [0.15, 0.2) is 30.3 Å². The lowest BCUT2D eigenvalue weighted by Crippen LogP contribution is -2.45. The van der Waals surface area contributed by atoms with Crippen LogP contribution in [0.25, 0.3) is 0 Å². The Bertz CT molecular complexity index is 411. The highest BCUT2D eigenvalue weighted by molar-refractivity contribution is 5.70. The molecule has 1 fully saturated rings. The van der Waals surface area contributed by atoms with Crippen molar-refractivity contribution in [1.82, 2.24) is 4.90 Å². The van der Waals surface area contributed by atoms with Crippen molar-refractivity contribution in [2.75, 3.05) is 20.2 Å². The van der Waals surface area contributed by atoms with Crippen molar-refractivity contribution in [2.45, 2.75) is 31.4 Å². The molecule has 1 heterocycles. The number of nitrogens with zero attached hydrogens (tertiary/aromatic N) is 1. The number of carbonyl (C=O) groups is 1. The van der Waals surface area contributed by atoms with Crippen molar-refractivity contribution in [3.63, 3.8) is 0 Å². The van der Waals surface area contributed by atoms with E-state index in [-0.39, 0.29) is 12.4 Å². The van der Waals surface area contributed by atoms with Crippen LogP contribution < -0.4 is 0 Å². The van der Waals surface area contributed by atoms with Crippen molar-refractivity contribution in [1.29, 1.82) is 0 Å². The molecule has 104 valence electrons. The molecule has 1 aliphatic rings. The maximum atomic E-state index is 11.3. The zero-order valence-corrected chi connectivity index (χ0v) is 11.3. The SMILES string of the molecule is COC(=O)CC1(O)CCN(Cc2ccccc2)CC1. The van der Waals surface area contributed by atoms with E-state index in [4.69, 9.17) is 0 Å². The molecule has 0 spiro atoms. The molecule has 0 atom stereocenters. The van der Waals surface area contributed by atoms with Gasteiger partial charge in [0.15, 0.2) is 0 Å². The average Bonchev–Trinajstić information content (AvgIpc) is 2.42. The summed E-state index contributed by atoms with van der Waals surface area (Å²) in [5.74, 6) is -0.334. The van der Waals surface area contributed by atoms with Gasteiger partial charge in [-0.2, -0.15) is 0 Å². The average molecular weight is 263 g/mol. The Hall–Kier alpha value is -1.39. The molecule has 19 heavy (non-hydrogen) atoms. The number of rotatable bonds is 4. The first-order valence-electron chi connectivity index (χ1n) is 6.67. The van der Waals surface area contributed by atoms with Crippen molar-refractivity contribution >= 4 is 5.97 Å². The summed E-state index contributed by atoms with van der Waals surface area (Å²) in [7, 11) is 1.36. The monoisotopic (exact) mass is 263 g/mol. The molecule has 1 aromatic carbocycles. The number of esters is 1. The Kier molecular flexibility index (Phi) is 4.56. The molecule has 1 N–H and O–H groups in total. The van der Waals surface area contributed by atoms with Crippen LogP contribution in [0, 0.1) is 0 Å². The van der Waals surface area contributed by atoms with Gasteiger partial charge in [0.2, 0.25) is 0 Å². The molecule has 4 heteroatoms. The maximum Gasteiger partial charge on any atom is 0.308 e. The number of benzene rings is 1. The third kappa shape index (κ3) is 4.04. The third-order valence-corrected chi connectivity index (χ3v) is 3.74. The van der Waals surface area contributed by atoms with Crippen molar-refractivity contribution in [3.05, 3.63) is 35.9 Å². The Morgan fingerprint density at radius 2 is 1.95 bits per heavy atom. The highest BCUT2D eigenvalue weighted by Gasteiger charge is 2.34. The molecule has 0 aromatic heterocycles. The Balaban J connectivity index is 1.83. The molecule has 2 rings (SSSR count). The Morgan fingerprint density at radius 3 is 2.53 bits per heavy atom. The summed E-state index contributed by atoms with van der Waals surface area (Å²) < 4.78 is 4.63. The van der Waals surface area contributed by atoms with Crippen LogP contribution in [-0.4, -0.2) is 41.8 Å². The van der Waals surface area contributed by atoms with E-state index in [1.807, 2.05) is 18.2 Å². The van der Waals surface area contributed by atoms with Gasteiger partial charge in [0, 0.05) is 19.6 Å². The molecule has 0 unspecified atom stereocenters. The third-order valence-electron chi connectivity index (χ3n) is 3.74. The standard InChI is InChI=1S/C15H21NO3/c1-19-14(17)11-15(18)7-9-16(10-8-15)12-13-5-3-2-4-6-13/h2-6,18H,7-12H2,1H3. The first-order valence-corrected chi connectivity index (χ1v) is 6.67. The summed E-state index contributed by atoms with van der Waals surface area (Å²) in [5.41, 5.74) is 0.390. The van der Waals surface area contributed by atoms with Crippen LogP contribution in [0.1, 0.15) is 24.8 Å². The number of hydrogen-bond acceptors (Lipinski definition) is 4. The fourth-order valence-corrected chi connectivity index (χ4v) is 2.49. The van der Waals surface area contributed by atoms with Gasteiger partial charge in [-0.25, -0.2) is 0 Å². The van der Waals surface area contributed by atoms with Crippen LogP contribution in [-0.2, 0) is 16.1 Å². The lowest BCUT2D eigenvalue weighted by atomic mass is 9.88. The predicted molar refractivity (Wildman–Crippen MR) is 72.5 cm³/mol. The van der Waals surface area contributed by atoms with Gasteiger partial charge < -0.3 is 9.84 Å². The van der Waals surface area contributed by atoms with Gasteiger partial charge in [-0.3, -0.25) is 9.69 Å². The van der Waals surface area contributed by atoms with Crippen molar-refractivity contribution in [3.8, 4) is 0 Å². The molecule has 1 aliphatic heterocycles. The second-order valence-electron chi connectivity index (χ2n) is 5.24. The minimum atomic E-state index is -0.889. The second kappa shape index (κ2) is 6.17. The summed E-state index contributed by atoms with van der Waals surface area (Å²) in [6.07, 6.45) is 1.34. The van der Waals surface area contributed by atoms with E-state index in [1.165, 1.54) is 12.7 Å². The largest absolute Gasteiger partial charge is 0.469 e. The summed E-state index contributed by atoms with van der Waals surface area (Å²) in [6, 6.07) is 10.3. The molecule has 0 aliphatic carbocycles. The van der Waals surface area contributed by atoms with E-state index in [1.54, 1.807) is 0 Å². The molecule has 4 nitrogen and oxygen atoms in total. The number of methoxy groups -OCH3 is 1. The molecular formula is C15H21NO3. The summed E-state index contributed by atoms with van der Waals surface area (Å²) in [6.45, 7) is 2.51. The van der Waals surface area contributed by atoms with Crippen molar-refractivity contribution in [2.24, 2.45) is 0 Å². The number of ether oxygens (including phenoxy) is 1. The molecule has 1 saturated heterocycles. The molecule has 0 radical (unpaired) electrons. The Labute approximate surface area is 114 Å². The molecule has 0 saturated carbocycles. The van der Waals surface area contributed by atoms with Gasteiger partial charge in [0.25, 0.3) is 0 Å². The van der Waals surface area contributed by atoms with Crippen LogP contribution in [0.3, 0.4) is 0 Å². The van der Waals surface area contributed by atoms with Gasteiger partial charge in [-0.15, -0.1) is 0 Å². The zero-order chi connectivity index (χ0) is 13.7. The number of likely N-dealkylation sites (tertiary alicyclic amines) is 1. The van der Waals surface area contributed by atoms with Crippen LogP contribution in [0.2, 0.25) is 0 Å².